The number of nitrogens with zero attached hydrogens (tertiary/aromatic N) is 1. The first-order valence-electron chi connectivity index (χ1n) is 4.96. The minimum Gasteiger partial charge on any atom is -0.376 e. The lowest BCUT2D eigenvalue weighted by Gasteiger charge is -2.19. The normalized spacial score (nSPS) is 13.5. The number of ether oxygens (including phenoxy) is 1. The molecule has 0 radical (unpaired) electrons. The van der Waals surface area contributed by atoms with Crippen LogP contribution in [0.2, 0.25) is 0 Å². The van der Waals surface area contributed by atoms with Crippen LogP contribution in [0.25, 0.3) is 0 Å². The van der Waals surface area contributed by atoms with Crippen LogP contribution in [0.3, 0.4) is 0 Å². The van der Waals surface area contributed by atoms with Gasteiger partial charge >= 0.3 is 0 Å². The molecule has 0 unspecified atom stereocenters. The first-order chi connectivity index (χ1) is 6.65. The molecule has 0 heterocycles. The molecule has 1 N–H and O–H groups in total. The Morgan fingerprint density at radius 2 is 1.80 bits per heavy atom. The Morgan fingerprint density at radius 1 is 1.27 bits per heavy atom. The lowest BCUT2D eigenvalue weighted by atomic mass is 10.2. The summed E-state index contributed by atoms with van der Waals surface area (Å²) in [5.41, 5.74) is -0.166. The van der Waals surface area contributed by atoms with Crippen molar-refractivity contribution >= 4 is 10.2 Å². The Morgan fingerprint density at radius 3 is 2.20 bits per heavy atom. The van der Waals surface area contributed by atoms with Gasteiger partial charge in [-0.2, -0.15) is 12.7 Å². The topological polar surface area (TPSA) is 58.6 Å². The first kappa shape index (κ1) is 14.8. The Labute approximate surface area is 93.0 Å². The zero-order valence-electron chi connectivity index (χ0n) is 10.2. The van der Waals surface area contributed by atoms with Crippen molar-refractivity contribution in [1.29, 1.82) is 0 Å². The molecule has 0 aromatic carbocycles. The zero-order valence-corrected chi connectivity index (χ0v) is 11.0. The molecule has 0 aromatic heterocycles. The third kappa shape index (κ3) is 7.72. The molecule has 0 bridgehead atoms. The van der Waals surface area contributed by atoms with E-state index in [0.717, 1.165) is 4.31 Å². The van der Waals surface area contributed by atoms with E-state index in [1.807, 2.05) is 20.8 Å². The SMILES string of the molecule is CN(C)S(=O)(=O)NCCCOC(C)(C)C. The molecule has 0 spiro atoms. The van der Waals surface area contributed by atoms with Crippen LogP contribution in [-0.4, -0.2) is 45.6 Å². The summed E-state index contributed by atoms with van der Waals surface area (Å²) in [6, 6.07) is 0. The van der Waals surface area contributed by atoms with Gasteiger partial charge in [0.2, 0.25) is 0 Å². The van der Waals surface area contributed by atoms with Gasteiger partial charge in [0, 0.05) is 27.2 Å². The van der Waals surface area contributed by atoms with Crippen molar-refractivity contribution in [3.63, 3.8) is 0 Å². The Balaban J connectivity index is 3.65. The van der Waals surface area contributed by atoms with E-state index in [1.165, 1.54) is 14.1 Å². The maximum Gasteiger partial charge on any atom is 0.278 e. The van der Waals surface area contributed by atoms with Crippen LogP contribution in [0.5, 0.6) is 0 Å². The minimum absolute atomic E-state index is 0.166. The van der Waals surface area contributed by atoms with Gasteiger partial charge in [-0.25, -0.2) is 4.72 Å². The summed E-state index contributed by atoms with van der Waals surface area (Å²) in [5.74, 6) is 0. The average Bonchev–Trinajstić information content (AvgIpc) is 2.00. The highest BCUT2D eigenvalue weighted by molar-refractivity contribution is 7.87. The number of rotatable bonds is 6. The molecule has 0 aliphatic heterocycles. The fourth-order valence-corrected chi connectivity index (χ4v) is 1.44. The Hall–Kier alpha value is -0.170. The van der Waals surface area contributed by atoms with Crippen LogP contribution >= 0.6 is 0 Å². The van der Waals surface area contributed by atoms with Crippen molar-refractivity contribution in [3.8, 4) is 0 Å². The molecular weight excluding hydrogens is 216 g/mol. The summed E-state index contributed by atoms with van der Waals surface area (Å²) < 4.78 is 31.6. The van der Waals surface area contributed by atoms with E-state index >= 15 is 0 Å². The van der Waals surface area contributed by atoms with Crippen LogP contribution in [0, 0.1) is 0 Å². The molecule has 5 nitrogen and oxygen atoms in total. The van der Waals surface area contributed by atoms with Gasteiger partial charge in [0.05, 0.1) is 5.60 Å². The molecule has 0 amide bonds. The second-order valence-electron chi connectivity index (χ2n) is 4.50. The van der Waals surface area contributed by atoms with Gasteiger partial charge in [-0.15, -0.1) is 0 Å². The molecule has 15 heavy (non-hydrogen) atoms. The van der Waals surface area contributed by atoms with Crippen LogP contribution in [0.1, 0.15) is 27.2 Å². The van der Waals surface area contributed by atoms with Crippen molar-refractivity contribution in [2.45, 2.75) is 32.8 Å². The number of nitrogens with one attached hydrogen (secondary N) is 1. The lowest BCUT2D eigenvalue weighted by Crippen LogP contribution is -2.36. The van der Waals surface area contributed by atoms with E-state index in [4.69, 9.17) is 4.74 Å². The summed E-state index contributed by atoms with van der Waals surface area (Å²) in [6.07, 6.45) is 0.671. The summed E-state index contributed by atoms with van der Waals surface area (Å²) in [4.78, 5) is 0. The van der Waals surface area contributed by atoms with E-state index < -0.39 is 10.2 Å². The summed E-state index contributed by atoms with van der Waals surface area (Å²) in [6.45, 7) is 6.86. The van der Waals surface area contributed by atoms with Gasteiger partial charge in [0.25, 0.3) is 10.2 Å². The smallest absolute Gasteiger partial charge is 0.278 e. The highest BCUT2D eigenvalue weighted by Gasteiger charge is 2.12. The predicted octanol–water partition coefficient (Wildman–Crippen LogP) is 0.588. The number of hydrogen-bond acceptors (Lipinski definition) is 3. The summed E-state index contributed by atoms with van der Waals surface area (Å²) in [7, 11) is -0.298. The van der Waals surface area contributed by atoms with Crippen molar-refractivity contribution in [2.75, 3.05) is 27.2 Å². The quantitative estimate of drug-likeness (QED) is 0.689. The highest BCUT2D eigenvalue weighted by Crippen LogP contribution is 2.06. The molecule has 0 fully saturated rings. The molecule has 0 aromatic rings. The van der Waals surface area contributed by atoms with E-state index in [0.29, 0.717) is 19.6 Å². The van der Waals surface area contributed by atoms with Crippen LogP contribution in [-0.2, 0) is 14.9 Å². The van der Waals surface area contributed by atoms with E-state index in [-0.39, 0.29) is 5.60 Å². The van der Waals surface area contributed by atoms with Crippen molar-refractivity contribution in [1.82, 2.24) is 9.03 Å². The van der Waals surface area contributed by atoms with Gasteiger partial charge in [0.1, 0.15) is 0 Å². The van der Waals surface area contributed by atoms with Gasteiger partial charge in [-0.3, -0.25) is 0 Å². The zero-order chi connectivity index (χ0) is 12.1. The van der Waals surface area contributed by atoms with Crippen LogP contribution in [0.4, 0.5) is 0 Å². The fourth-order valence-electron chi connectivity index (χ4n) is 0.781. The molecule has 0 saturated carbocycles. The second-order valence-corrected chi connectivity index (χ2v) is 6.47. The van der Waals surface area contributed by atoms with E-state index in [1.54, 1.807) is 0 Å². The van der Waals surface area contributed by atoms with Crippen molar-refractivity contribution < 1.29 is 13.2 Å². The second kappa shape index (κ2) is 5.79. The summed E-state index contributed by atoms with van der Waals surface area (Å²) in [5, 5.41) is 0. The maximum absolute atomic E-state index is 11.3. The fraction of sp³-hybridized carbons (Fsp3) is 1.00. The third-order valence-electron chi connectivity index (χ3n) is 1.62. The van der Waals surface area contributed by atoms with E-state index in [9.17, 15) is 8.42 Å². The molecule has 6 heteroatoms. The predicted molar refractivity (Wildman–Crippen MR) is 60.9 cm³/mol. The maximum atomic E-state index is 11.3. The highest BCUT2D eigenvalue weighted by atomic mass is 32.2. The number of hydrogen-bond donors (Lipinski definition) is 1. The van der Waals surface area contributed by atoms with Gasteiger partial charge in [-0.1, -0.05) is 0 Å². The van der Waals surface area contributed by atoms with Crippen molar-refractivity contribution in [3.05, 3.63) is 0 Å². The Bertz CT molecular complexity index is 268. The van der Waals surface area contributed by atoms with Gasteiger partial charge < -0.3 is 4.74 Å². The third-order valence-corrected chi connectivity index (χ3v) is 3.15. The average molecular weight is 238 g/mol. The minimum atomic E-state index is -3.29. The van der Waals surface area contributed by atoms with Crippen molar-refractivity contribution in [2.24, 2.45) is 0 Å². The first-order valence-corrected chi connectivity index (χ1v) is 6.40. The van der Waals surface area contributed by atoms with E-state index in [2.05, 4.69) is 4.72 Å². The largest absolute Gasteiger partial charge is 0.376 e. The van der Waals surface area contributed by atoms with Gasteiger partial charge in [0.15, 0.2) is 0 Å². The Kier molecular flexibility index (Phi) is 5.72. The summed E-state index contributed by atoms with van der Waals surface area (Å²) >= 11 is 0. The van der Waals surface area contributed by atoms with Crippen LogP contribution < -0.4 is 4.72 Å². The molecule has 0 aliphatic rings. The molecule has 0 atom stereocenters. The molecular formula is C9H22N2O3S. The lowest BCUT2D eigenvalue weighted by molar-refractivity contribution is -0.00338. The van der Waals surface area contributed by atoms with Crippen LogP contribution in [0.15, 0.2) is 0 Å². The molecule has 0 saturated heterocycles. The molecule has 0 aliphatic carbocycles. The molecule has 92 valence electrons. The molecule has 0 rings (SSSR count). The monoisotopic (exact) mass is 238 g/mol. The van der Waals surface area contributed by atoms with Gasteiger partial charge in [-0.05, 0) is 27.2 Å². The standard InChI is InChI=1S/C9H22N2O3S/c1-9(2,3)14-8-6-7-10-15(12,13)11(4)5/h10H,6-8H2,1-5H3.